The highest BCUT2D eigenvalue weighted by Gasteiger charge is 2.29. The molecule has 1 aliphatic heterocycles. The van der Waals surface area contributed by atoms with Crippen molar-refractivity contribution in [3.63, 3.8) is 0 Å². The zero-order valence-electron chi connectivity index (χ0n) is 12.2. The second-order valence-electron chi connectivity index (χ2n) is 5.05. The van der Waals surface area contributed by atoms with Crippen molar-refractivity contribution in [3.05, 3.63) is 34.0 Å². The molecule has 0 bridgehead atoms. The van der Waals surface area contributed by atoms with Crippen LogP contribution in [-0.4, -0.2) is 45.3 Å². The van der Waals surface area contributed by atoms with Crippen LogP contribution in [0.5, 0.6) is 0 Å². The Labute approximate surface area is 127 Å². The third-order valence-electron chi connectivity index (χ3n) is 3.71. The number of aromatic nitrogens is 3. The lowest BCUT2D eigenvalue weighted by Gasteiger charge is -2.32. The van der Waals surface area contributed by atoms with Gasteiger partial charge in [0.1, 0.15) is 12.4 Å². The van der Waals surface area contributed by atoms with Gasteiger partial charge in [-0.25, -0.2) is 0 Å². The van der Waals surface area contributed by atoms with Gasteiger partial charge in [0, 0.05) is 18.5 Å². The number of carbonyl (C=O) groups excluding carboxylic acids is 1. The molecule has 0 N–H and O–H groups in total. The minimum atomic E-state index is -0.205. The lowest BCUT2D eigenvalue weighted by Crippen LogP contribution is -2.43. The summed E-state index contributed by atoms with van der Waals surface area (Å²) < 4.78 is 7.73. The first-order valence-corrected chi connectivity index (χ1v) is 7.96. The number of amides is 1. The van der Waals surface area contributed by atoms with E-state index in [2.05, 4.69) is 10.2 Å². The van der Waals surface area contributed by atoms with Crippen LogP contribution < -0.4 is 0 Å². The van der Waals surface area contributed by atoms with Crippen molar-refractivity contribution in [1.82, 2.24) is 19.7 Å². The zero-order chi connectivity index (χ0) is 14.8. The number of nitrogens with zero attached hydrogens (tertiary/aromatic N) is 4. The van der Waals surface area contributed by atoms with Crippen molar-refractivity contribution in [2.45, 2.75) is 26.5 Å². The number of rotatable bonds is 3. The third-order valence-corrected chi connectivity index (χ3v) is 4.58. The Morgan fingerprint density at radius 3 is 3.10 bits per heavy atom. The van der Waals surface area contributed by atoms with Gasteiger partial charge in [-0.05, 0) is 24.8 Å². The Morgan fingerprint density at radius 2 is 2.38 bits per heavy atom. The Balaban J connectivity index is 1.77. The average Bonchev–Trinajstić information content (AvgIpc) is 3.15. The van der Waals surface area contributed by atoms with Crippen molar-refractivity contribution < 1.29 is 9.53 Å². The Hall–Kier alpha value is -1.73. The average molecular weight is 306 g/mol. The smallest absolute Gasteiger partial charge is 0.255 e. The molecule has 3 rings (SSSR count). The predicted molar refractivity (Wildman–Crippen MR) is 79.3 cm³/mol. The molecule has 1 amide bonds. The van der Waals surface area contributed by atoms with Gasteiger partial charge in [-0.1, -0.05) is 0 Å². The van der Waals surface area contributed by atoms with Crippen LogP contribution in [0, 0.1) is 6.92 Å². The van der Waals surface area contributed by atoms with Crippen LogP contribution in [0.1, 0.15) is 34.8 Å². The van der Waals surface area contributed by atoms with Gasteiger partial charge >= 0.3 is 0 Å². The Morgan fingerprint density at radius 1 is 1.52 bits per heavy atom. The second-order valence-corrected chi connectivity index (χ2v) is 5.80. The lowest BCUT2D eigenvalue weighted by molar-refractivity contribution is -0.0284. The molecular formula is C14H18N4O2S. The standard InChI is InChI=1S/C14H18N4O2S/c1-3-17-9-15-16-13(17)12-6-18(4-5-20-12)14(19)11-8-21-7-10(11)2/h7-9,12H,3-6H2,1-2H3/t12-/m1/s1. The molecule has 6 nitrogen and oxygen atoms in total. The summed E-state index contributed by atoms with van der Waals surface area (Å²) in [5.41, 5.74) is 1.82. The molecule has 1 fully saturated rings. The number of thiophene rings is 1. The Kier molecular flexibility index (Phi) is 4.03. The number of hydrogen-bond donors (Lipinski definition) is 0. The van der Waals surface area contributed by atoms with Gasteiger partial charge in [0.25, 0.3) is 5.91 Å². The van der Waals surface area contributed by atoms with E-state index in [1.165, 1.54) is 0 Å². The largest absolute Gasteiger partial charge is 0.366 e. The van der Waals surface area contributed by atoms with Crippen LogP contribution in [-0.2, 0) is 11.3 Å². The van der Waals surface area contributed by atoms with Crippen molar-refractivity contribution in [1.29, 1.82) is 0 Å². The maximum Gasteiger partial charge on any atom is 0.255 e. The molecule has 0 unspecified atom stereocenters. The molecule has 0 aromatic carbocycles. The number of hydrogen-bond acceptors (Lipinski definition) is 5. The topological polar surface area (TPSA) is 60.2 Å². The predicted octanol–water partition coefficient (Wildman–Crippen LogP) is 1.88. The van der Waals surface area contributed by atoms with Crippen LogP contribution in [0.25, 0.3) is 0 Å². The lowest BCUT2D eigenvalue weighted by atomic mass is 10.1. The maximum atomic E-state index is 12.6. The van der Waals surface area contributed by atoms with Crippen LogP contribution in [0.15, 0.2) is 17.1 Å². The quantitative estimate of drug-likeness (QED) is 0.869. The van der Waals surface area contributed by atoms with E-state index in [4.69, 9.17) is 4.74 Å². The van der Waals surface area contributed by atoms with Crippen LogP contribution in [0.2, 0.25) is 0 Å². The summed E-state index contributed by atoms with van der Waals surface area (Å²) in [5, 5.41) is 12.0. The second kappa shape index (κ2) is 5.95. The number of ether oxygens (including phenoxy) is 1. The first kappa shape index (κ1) is 14.2. The van der Waals surface area contributed by atoms with E-state index >= 15 is 0 Å². The molecule has 112 valence electrons. The van der Waals surface area contributed by atoms with Gasteiger partial charge in [-0.3, -0.25) is 4.79 Å². The van der Waals surface area contributed by atoms with Crippen LogP contribution in [0.3, 0.4) is 0 Å². The van der Waals surface area contributed by atoms with E-state index in [0.717, 1.165) is 23.5 Å². The Bertz CT molecular complexity index is 636. The normalized spacial score (nSPS) is 19.0. The van der Waals surface area contributed by atoms with Crippen molar-refractivity contribution in [2.75, 3.05) is 19.7 Å². The van der Waals surface area contributed by atoms with Crippen LogP contribution in [0.4, 0.5) is 0 Å². The molecule has 0 radical (unpaired) electrons. The zero-order valence-corrected chi connectivity index (χ0v) is 13.0. The molecule has 7 heteroatoms. The molecule has 1 saturated heterocycles. The molecule has 2 aromatic rings. The molecule has 21 heavy (non-hydrogen) atoms. The number of aryl methyl sites for hydroxylation is 2. The third kappa shape index (κ3) is 2.71. The molecule has 0 saturated carbocycles. The van der Waals surface area contributed by atoms with E-state index in [0.29, 0.717) is 19.7 Å². The highest BCUT2D eigenvalue weighted by Crippen LogP contribution is 2.23. The summed E-state index contributed by atoms with van der Waals surface area (Å²) in [6, 6.07) is 0. The molecular weight excluding hydrogens is 288 g/mol. The molecule has 3 heterocycles. The van der Waals surface area contributed by atoms with E-state index in [-0.39, 0.29) is 12.0 Å². The fourth-order valence-electron chi connectivity index (χ4n) is 2.50. The number of morpholine rings is 1. The summed E-state index contributed by atoms with van der Waals surface area (Å²) in [6.45, 7) is 6.45. The van der Waals surface area contributed by atoms with Gasteiger partial charge in [0.05, 0.1) is 18.7 Å². The van der Waals surface area contributed by atoms with E-state index in [1.54, 1.807) is 17.7 Å². The fourth-order valence-corrected chi connectivity index (χ4v) is 3.32. The van der Waals surface area contributed by atoms with E-state index < -0.39 is 0 Å². The van der Waals surface area contributed by atoms with E-state index in [1.807, 2.05) is 34.1 Å². The minimum Gasteiger partial charge on any atom is -0.366 e. The van der Waals surface area contributed by atoms with Gasteiger partial charge in [0.2, 0.25) is 0 Å². The summed E-state index contributed by atoms with van der Waals surface area (Å²) in [6.07, 6.45) is 1.49. The highest BCUT2D eigenvalue weighted by molar-refractivity contribution is 7.08. The summed E-state index contributed by atoms with van der Waals surface area (Å²) in [4.78, 5) is 14.4. The van der Waals surface area contributed by atoms with Gasteiger partial charge in [0.15, 0.2) is 5.82 Å². The summed E-state index contributed by atoms with van der Waals surface area (Å²) in [5.74, 6) is 0.863. The van der Waals surface area contributed by atoms with Gasteiger partial charge in [-0.15, -0.1) is 10.2 Å². The molecule has 1 atom stereocenters. The van der Waals surface area contributed by atoms with Crippen molar-refractivity contribution >= 4 is 17.2 Å². The van der Waals surface area contributed by atoms with Crippen molar-refractivity contribution in [3.8, 4) is 0 Å². The van der Waals surface area contributed by atoms with Gasteiger partial charge < -0.3 is 14.2 Å². The summed E-state index contributed by atoms with van der Waals surface area (Å²) >= 11 is 1.56. The van der Waals surface area contributed by atoms with Crippen LogP contribution >= 0.6 is 11.3 Å². The first-order chi connectivity index (χ1) is 10.2. The fraction of sp³-hybridized carbons (Fsp3) is 0.500. The molecule has 2 aromatic heterocycles. The summed E-state index contributed by atoms with van der Waals surface area (Å²) in [7, 11) is 0. The first-order valence-electron chi connectivity index (χ1n) is 7.02. The maximum absolute atomic E-state index is 12.6. The number of carbonyl (C=O) groups is 1. The van der Waals surface area contributed by atoms with Crippen molar-refractivity contribution in [2.24, 2.45) is 0 Å². The minimum absolute atomic E-state index is 0.0737. The van der Waals surface area contributed by atoms with E-state index in [9.17, 15) is 4.79 Å². The monoisotopic (exact) mass is 306 g/mol. The molecule has 1 aliphatic rings. The molecule has 0 aliphatic carbocycles. The van der Waals surface area contributed by atoms with Gasteiger partial charge in [-0.2, -0.15) is 11.3 Å². The highest BCUT2D eigenvalue weighted by atomic mass is 32.1. The SMILES string of the molecule is CCn1cnnc1[C@H]1CN(C(=O)c2cscc2C)CCO1. The molecule has 0 spiro atoms.